The molecule has 2 aromatic rings. The average Bonchev–Trinajstić information content (AvgIpc) is 3.09. The van der Waals surface area contributed by atoms with Gasteiger partial charge >= 0.3 is 0 Å². The van der Waals surface area contributed by atoms with Crippen molar-refractivity contribution in [3.05, 3.63) is 63.2 Å². The zero-order valence-electron chi connectivity index (χ0n) is 16.5. The van der Waals surface area contributed by atoms with Gasteiger partial charge in [-0.1, -0.05) is 12.2 Å². The van der Waals surface area contributed by atoms with E-state index in [1.165, 1.54) is 19.1 Å². The van der Waals surface area contributed by atoms with Gasteiger partial charge in [0.15, 0.2) is 11.5 Å². The van der Waals surface area contributed by atoms with Crippen molar-refractivity contribution in [3.8, 4) is 11.5 Å². The molecule has 0 bridgehead atoms. The number of carbonyl (C=O) groups excluding carboxylic acids is 1. The first-order chi connectivity index (χ1) is 14.3. The molecule has 0 radical (unpaired) electrons. The number of nitro groups is 1. The lowest BCUT2D eigenvalue weighted by molar-refractivity contribution is -0.384. The second kappa shape index (κ2) is 7.83. The maximum Gasteiger partial charge on any atom is 0.269 e. The molecule has 154 valence electrons. The molecule has 30 heavy (non-hydrogen) atoms. The summed E-state index contributed by atoms with van der Waals surface area (Å²) in [7, 11) is 0. The number of hydrogen-bond donors (Lipinski definition) is 0. The quantitative estimate of drug-likeness (QED) is 0.419. The Morgan fingerprint density at radius 3 is 2.57 bits per heavy atom. The van der Waals surface area contributed by atoms with E-state index >= 15 is 0 Å². The molecular formula is C21H19N3O5S. The van der Waals surface area contributed by atoms with Crippen LogP contribution in [0, 0.1) is 10.1 Å². The second-order valence-corrected chi connectivity index (χ2v) is 7.76. The summed E-state index contributed by atoms with van der Waals surface area (Å²) in [5.74, 6) is 1.25. The van der Waals surface area contributed by atoms with Gasteiger partial charge in [-0.25, -0.2) is 0 Å². The Labute approximate surface area is 178 Å². The summed E-state index contributed by atoms with van der Waals surface area (Å²) >= 11 is 5.50. The van der Waals surface area contributed by atoms with Crippen LogP contribution in [-0.2, 0) is 11.2 Å². The number of nitro benzene ring substituents is 1. The summed E-state index contributed by atoms with van der Waals surface area (Å²) in [6.07, 6.45) is 0.750. The molecule has 0 aromatic heterocycles. The van der Waals surface area contributed by atoms with E-state index in [0.29, 0.717) is 34.2 Å². The molecule has 1 atom stereocenters. The lowest BCUT2D eigenvalue weighted by Crippen LogP contribution is -2.35. The van der Waals surface area contributed by atoms with Gasteiger partial charge in [-0.3, -0.25) is 19.9 Å². The molecule has 2 aliphatic heterocycles. The molecule has 1 unspecified atom stereocenters. The lowest BCUT2D eigenvalue weighted by Gasteiger charge is -2.25. The van der Waals surface area contributed by atoms with E-state index in [4.69, 9.17) is 26.8 Å². The first kappa shape index (κ1) is 20.0. The molecule has 0 N–H and O–H groups in total. The van der Waals surface area contributed by atoms with Crippen molar-refractivity contribution in [2.75, 3.05) is 6.79 Å². The summed E-state index contributed by atoms with van der Waals surface area (Å²) in [6.45, 7) is 3.64. The molecule has 0 saturated carbocycles. The number of nitrogens with zero attached hydrogens (tertiary/aromatic N) is 3. The zero-order chi connectivity index (χ0) is 21.4. The minimum absolute atomic E-state index is 0.00351. The van der Waals surface area contributed by atoms with Crippen LogP contribution in [0.15, 0.2) is 41.5 Å². The van der Waals surface area contributed by atoms with Gasteiger partial charge in [0, 0.05) is 23.3 Å². The van der Waals surface area contributed by atoms with E-state index in [9.17, 15) is 14.9 Å². The van der Waals surface area contributed by atoms with Crippen LogP contribution in [0.2, 0.25) is 0 Å². The van der Waals surface area contributed by atoms with Gasteiger partial charge in [-0.2, -0.15) is 5.10 Å². The highest BCUT2D eigenvalue weighted by Crippen LogP contribution is 2.37. The third-order valence-electron chi connectivity index (χ3n) is 5.00. The van der Waals surface area contributed by atoms with Crippen molar-refractivity contribution in [1.29, 1.82) is 0 Å². The molecule has 0 fully saturated rings. The number of ketones is 1. The number of thiocarbonyl (C=S) groups is 1. The number of non-ortho nitro benzene ring substituents is 1. The molecule has 0 saturated heterocycles. The molecule has 0 aliphatic carbocycles. The van der Waals surface area contributed by atoms with E-state index in [2.05, 4.69) is 0 Å². The molecule has 2 aromatic carbocycles. The predicted octanol–water partition coefficient (Wildman–Crippen LogP) is 3.63. The van der Waals surface area contributed by atoms with Crippen molar-refractivity contribution < 1.29 is 19.2 Å². The third-order valence-corrected chi connectivity index (χ3v) is 5.33. The summed E-state index contributed by atoms with van der Waals surface area (Å²) in [5.41, 5.74) is 3.14. The van der Waals surface area contributed by atoms with Gasteiger partial charge in [0.25, 0.3) is 5.69 Å². The van der Waals surface area contributed by atoms with Crippen LogP contribution >= 0.6 is 12.2 Å². The number of benzene rings is 2. The number of rotatable bonds is 4. The van der Waals surface area contributed by atoms with Crippen LogP contribution in [0.5, 0.6) is 11.5 Å². The van der Waals surface area contributed by atoms with Gasteiger partial charge in [-0.05, 0) is 50.1 Å². The molecule has 2 aliphatic rings. The van der Waals surface area contributed by atoms with Gasteiger partial charge in [0.1, 0.15) is 10.8 Å². The largest absolute Gasteiger partial charge is 0.454 e. The maximum absolute atomic E-state index is 11.6. The van der Waals surface area contributed by atoms with E-state index in [0.717, 1.165) is 11.1 Å². The Morgan fingerprint density at radius 2 is 1.93 bits per heavy atom. The lowest BCUT2D eigenvalue weighted by atomic mass is 9.94. The molecule has 4 rings (SSSR count). The van der Waals surface area contributed by atoms with Gasteiger partial charge in [0.05, 0.1) is 23.1 Å². The number of Topliss-reactive ketones (excluding diaryl/α,β-unsaturated/α-hetero) is 1. The van der Waals surface area contributed by atoms with Crippen molar-refractivity contribution in [3.63, 3.8) is 0 Å². The molecule has 8 nitrogen and oxygen atoms in total. The van der Waals surface area contributed by atoms with Crippen LogP contribution in [0.4, 0.5) is 5.69 Å². The minimum Gasteiger partial charge on any atom is -0.454 e. The second-order valence-electron chi connectivity index (χ2n) is 7.29. The highest BCUT2D eigenvalue weighted by molar-refractivity contribution is 7.80. The number of hydrogen-bond acceptors (Lipinski definition) is 7. The Morgan fingerprint density at radius 1 is 1.27 bits per heavy atom. The minimum atomic E-state index is -0.443. The van der Waals surface area contributed by atoms with Gasteiger partial charge < -0.3 is 9.47 Å². The number of fused-ring (bicyclic) bond motifs is 2. The summed E-state index contributed by atoms with van der Waals surface area (Å²) in [6, 6.07) is 9.93. The highest BCUT2D eigenvalue weighted by atomic mass is 32.1. The van der Waals surface area contributed by atoms with E-state index < -0.39 is 4.92 Å². The van der Waals surface area contributed by atoms with Crippen molar-refractivity contribution >= 4 is 34.4 Å². The van der Waals surface area contributed by atoms with Crippen LogP contribution < -0.4 is 9.47 Å². The number of hydrazone groups is 1. The molecule has 9 heteroatoms. The van der Waals surface area contributed by atoms with E-state index in [1.807, 2.05) is 19.1 Å². The summed E-state index contributed by atoms with van der Waals surface area (Å²) in [4.78, 5) is 22.7. The molecule has 0 spiro atoms. The van der Waals surface area contributed by atoms with Crippen molar-refractivity contribution in [1.82, 2.24) is 5.01 Å². The SMILES string of the molecule is CC(=O)CC(=S)N1N=C(c2ccc([N+](=O)[O-])cc2)c2cc3c(cc2CC1C)OCO3. The topological polar surface area (TPSA) is 94.3 Å². The fourth-order valence-electron chi connectivity index (χ4n) is 3.59. The standard InChI is InChI=1S/C21H19N3O5S/c1-12-7-15-9-18-19(29-11-28-18)10-17(15)21(22-23(12)20(30)8-13(2)25)14-3-5-16(6-4-14)24(26)27/h3-6,9-10,12H,7-8,11H2,1-2H3. The average molecular weight is 425 g/mol. The van der Waals surface area contributed by atoms with Crippen molar-refractivity contribution in [2.45, 2.75) is 32.7 Å². The van der Waals surface area contributed by atoms with Crippen LogP contribution in [0.1, 0.15) is 37.0 Å². The zero-order valence-corrected chi connectivity index (χ0v) is 17.3. The van der Waals surface area contributed by atoms with Crippen LogP contribution in [0.3, 0.4) is 0 Å². The predicted molar refractivity (Wildman–Crippen MR) is 114 cm³/mol. The number of carbonyl (C=O) groups is 1. The molecule has 0 amide bonds. The smallest absolute Gasteiger partial charge is 0.269 e. The Bertz CT molecular complexity index is 1080. The molecular weight excluding hydrogens is 406 g/mol. The van der Waals surface area contributed by atoms with E-state index in [1.54, 1.807) is 17.1 Å². The van der Waals surface area contributed by atoms with Crippen LogP contribution in [0.25, 0.3) is 0 Å². The fourth-order valence-corrected chi connectivity index (χ4v) is 4.01. The monoisotopic (exact) mass is 425 g/mol. The Hall–Kier alpha value is -3.33. The molecule has 2 heterocycles. The first-order valence-electron chi connectivity index (χ1n) is 9.41. The maximum atomic E-state index is 11.6. The highest BCUT2D eigenvalue weighted by Gasteiger charge is 2.29. The van der Waals surface area contributed by atoms with Crippen molar-refractivity contribution in [2.24, 2.45) is 5.10 Å². The first-order valence-corrected chi connectivity index (χ1v) is 9.82. The Kier molecular flexibility index (Phi) is 5.21. The Balaban J connectivity index is 1.85. The third kappa shape index (κ3) is 3.76. The van der Waals surface area contributed by atoms with Gasteiger partial charge in [0.2, 0.25) is 6.79 Å². The fraction of sp³-hybridized carbons (Fsp3) is 0.286. The normalized spacial score (nSPS) is 17.1. The van der Waals surface area contributed by atoms with Crippen LogP contribution in [-0.4, -0.2) is 39.3 Å². The van der Waals surface area contributed by atoms with Gasteiger partial charge in [-0.15, -0.1) is 0 Å². The summed E-state index contributed by atoms with van der Waals surface area (Å²) in [5, 5.41) is 17.6. The number of ether oxygens (including phenoxy) is 2. The summed E-state index contributed by atoms with van der Waals surface area (Å²) < 4.78 is 11.1. The van der Waals surface area contributed by atoms with E-state index in [-0.39, 0.29) is 30.7 Å².